The molecule has 7 heteroatoms. The first-order valence-corrected chi connectivity index (χ1v) is 10.9. The molecule has 0 saturated carbocycles. The molecule has 0 unspecified atom stereocenters. The molecule has 3 aromatic carbocycles. The molecule has 3 aromatic rings. The van der Waals surface area contributed by atoms with Gasteiger partial charge in [-0.05, 0) is 35.4 Å². The lowest BCUT2D eigenvalue weighted by atomic mass is 10.1. The van der Waals surface area contributed by atoms with Crippen molar-refractivity contribution in [2.45, 2.75) is 18.0 Å². The lowest BCUT2D eigenvalue weighted by Gasteiger charge is -2.21. The minimum atomic E-state index is -3.91. The van der Waals surface area contributed by atoms with Crippen LogP contribution >= 0.6 is 0 Å². The van der Waals surface area contributed by atoms with Crippen LogP contribution in [0.1, 0.15) is 21.5 Å². The fourth-order valence-corrected chi connectivity index (χ4v) is 4.48. The molecular weight excluding hydrogens is 400 g/mol. The van der Waals surface area contributed by atoms with E-state index in [0.717, 1.165) is 11.1 Å². The van der Waals surface area contributed by atoms with Crippen molar-refractivity contribution in [2.75, 3.05) is 18.5 Å². The minimum absolute atomic E-state index is 0.0426. The van der Waals surface area contributed by atoms with Gasteiger partial charge in [0, 0.05) is 20.7 Å². The summed E-state index contributed by atoms with van der Waals surface area (Å²) in [6.07, 6.45) is 0. The first-order chi connectivity index (χ1) is 14.4. The van der Waals surface area contributed by atoms with Crippen molar-refractivity contribution in [1.82, 2.24) is 5.32 Å². The van der Waals surface area contributed by atoms with E-state index in [0.29, 0.717) is 12.3 Å². The summed E-state index contributed by atoms with van der Waals surface area (Å²) in [4.78, 5) is 12.8. The molecule has 156 valence electrons. The summed E-state index contributed by atoms with van der Waals surface area (Å²) in [5, 5.41) is 2.83. The van der Waals surface area contributed by atoms with Gasteiger partial charge < -0.3 is 10.1 Å². The second-order valence-electron chi connectivity index (χ2n) is 6.69. The topological polar surface area (TPSA) is 75.7 Å². The highest BCUT2D eigenvalue weighted by atomic mass is 32.2. The molecule has 0 aliphatic heterocycles. The molecule has 0 heterocycles. The quantitative estimate of drug-likeness (QED) is 0.600. The molecule has 6 nitrogen and oxygen atoms in total. The Kier molecular flexibility index (Phi) is 6.87. The Hall–Kier alpha value is -3.16. The average Bonchev–Trinajstić information content (AvgIpc) is 2.78. The summed E-state index contributed by atoms with van der Waals surface area (Å²) in [5.41, 5.74) is 2.49. The molecule has 0 bridgehead atoms. The Balaban J connectivity index is 1.85. The van der Waals surface area contributed by atoms with Gasteiger partial charge in [-0.3, -0.25) is 9.10 Å². The number of para-hydroxylation sites is 1. The Morgan fingerprint density at radius 2 is 1.50 bits per heavy atom. The highest BCUT2D eigenvalue weighted by Gasteiger charge is 2.26. The number of carbonyl (C=O) groups is 1. The second-order valence-corrected chi connectivity index (χ2v) is 8.63. The van der Waals surface area contributed by atoms with E-state index in [1.807, 2.05) is 30.3 Å². The SMILES string of the molecule is COCc1ccccc1CNC(=O)c1ccccc1S(=O)(=O)N(C)c1ccccc1. The van der Waals surface area contributed by atoms with Crippen LogP contribution in [0.4, 0.5) is 5.69 Å². The maximum atomic E-state index is 13.2. The fourth-order valence-electron chi connectivity index (χ4n) is 3.10. The largest absolute Gasteiger partial charge is 0.380 e. The van der Waals surface area contributed by atoms with E-state index >= 15 is 0 Å². The lowest BCUT2D eigenvalue weighted by Crippen LogP contribution is -2.30. The van der Waals surface area contributed by atoms with Crippen LogP contribution in [0.2, 0.25) is 0 Å². The van der Waals surface area contributed by atoms with Gasteiger partial charge in [-0.1, -0.05) is 54.6 Å². The summed E-state index contributed by atoms with van der Waals surface area (Å²) >= 11 is 0. The van der Waals surface area contributed by atoms with Crippen molar-refractivity contribution in [1.29, 1.82) is 0 Å². The minimum Gasteiger partial charge on any atom is -0.380 e. The highest BCUT2D eigenvalue weighted by Crippen LogP contribution is 2.24. The van der Waals surface area contributed by atoms with E-state index < -0.39 is 15.9 Å². The van der Waals surface area contributed by atoms with Crippen LogP contribution in [0.5, 0.6) is 0 Å². The summed E-state index contributed by atoms with van der Waals surface area (Å²) in [5.74, 6) is -0.456. The van der Waals surface area contributed by atoms with E-state index in [1.54, 1.807) is 43.5 Å². The van der Waals surface area contributed by atoms with Gasteiger partial charge in [-0.15, -0.1) is 0 Å². The van der Waals surface area contributed by atoms with Gasteiger partial charge >= 0.3 is 0 Å². The van der Waals surface area contributed by atoms with E-state index in [9.17, 15) is 13.2 Å². The number of ether oxygens (including phenoxy) is 1. The van der Waals surface area contributed by atoms with Gasteiger partial charge in [-0.2, -0.15) is 0 Å². The number of rotatable bonds is 8. The molecule has 0 saturated heterocycles. The van der Waals surface area contributed by atoms with E-state index in [4.69, 9.17) is 4.74 Å². The van der Waals surface area contributed by atoms with E-state index in [1.165, 1.54) is 23.5 Å². The van der Waals surface area contributed by atoms with Crippen LogP contribution in [-0.4, -0.2) is 28.5 Å². The molecule has 1 N–H and O–H groups in total. The number of sulfonamides is 1. The van der Waals surface area contributed by atoms with Gasteiger partial charge in [0.05, 0.1) is 17.9 Å². The Morgan fingerprint density at radius 3 is 2.20 bits per heavy atom. The van der Waals surface area contributed by atoms with Crippen LogP contribution in [0.25, 0.3) is 0 Å². The molecule has 0 aliphatic rings. The van der Waals surface area contributed by atoms with Gasteiger partial charge in [0.25, 0.3) is 15.9 Å². The monoisotopic (exact) mass is 424 g/mol. The molecule has 1 amide bonds. The maximum absolute atomic E-state index is 13.2. The van der Waals surface area contributed by atoms with Crippen molar-refractivity contribution in [2.24, 2.45) is 0 Å². The number of benzene rings is 3. The Bertz CT molecular complexity index is 1110. The number of nitrogens with zero attached hydrogens (tertiary/aromatic N) is 1. The number of hydrogen-bond acceptors (Lipinski definition) is 4. The molecule has 30 heavy (non-hydrogen) atoms. The van der Waals surface area contributed by atoms with Gasteiger partial charge in [0.2, 0.25) is 0 Å². The third-order valence-corrected chi connectivity index (χ3v) is 6.59. The summed E-state index contributed by atoms with van der Waals surface area (Å²) in [6.45, 7) is 0.695. The van der Waals surface area contributed by atoms with Gasteiger partial charge in [0.15, 0.2) is 0 Å². The molecule has 0 radical (unpaired) electrons. The van der Waals surface area contributed by atoms with Crippen molar-refractivity contribution in [3.8, 4) is 0 Å². The first-order valence-electron chi connectivity index (χ1n) is 9.42. The second kappa shape index (κ2) is 9.56. The van der Waals surface area contributed by atoms with E-state index in [2.05, 4.69) is 5.32 Å². The average molecular weight is 425 g/mol. The normalized spacial score (nSPS) is 11.1. The zero-order valence-electron chi connectivity index (χ0n) is 16.9. The molecule has 0 fully saturated rings. The maximum Gasteiger partial charge on any atom is 0.264 e. The van der Waals surface area contributed by atoms with Gasteiger partial charge in [-0.25, -0.2) is 8.42 Å². The Labute approximate surface area is 177 Å². The smallest absolute Gasteiger partial charge is 0.264 e. The third kappa shape index (κ3) is 4.69. The number of hydrogen-bond donors (Lipinski definition) is 1. The summed E-state index contributed by atoms with van der Waals surface area (Å²) in [6, 6.07) is 22.6. The van der Waals surface area contributed by atoms with Crippen molar-refractivity contribution < 1.29 is 17.9 Å². The predicted molar refractivity (Wildman–Crippen MR) is 117 cm³/mol. The molecular formula is C23H24N2O4S. The molecule has 0 spiro atoms. The molecule has 0 aliphatic carbocycles. The molecule has 0 atom stereocenters. The number of nitrogens with one attached hydrogen (secondary N) is 1. The molecule has 3 rings (SSSR count). The van der Waals surface area contributed by atoms with Crippen LogP contribution in [-0.2, 0) is 27.9 Å². The number of methoxy groups -OCH3 is 1. The Morgan fingerprint density at radius 1 is 0.900 bits per heavy atom. The lowest BCUT2D eigenvalue weighted by molar-refractivity contribution is 0.0947. The first kappa shape index (κ1) is 21.5. The standard InChI is InChI=1S/C23H24N2O4S/c1-25(20-12-4-3-5-13-20)30(27,28)22-15-9-8-14-21(22)23(26)24-16-18-10-6-7-11-19(18)17-29-2/h3-15H,16-17H2,1-2H3,(H,24,26). The fraction of sp³-hybridized carbons (Fsp3) is 0.174. The summed E-state index contributed by atoms with van der Waals surface area (Å²) < 4.78 is 32.8. The highest BCUT2D eigenvalue weighted by molar-refractivity contribution is 7.92. The van der Waals surface area contributed by atoms with Crippen LogP contribution in [0, 0.1) is 0 Å². The van der Waals surface area contributed by atoms with Crippen molar-refractivity contribution in [3.63, 3.8) is 0 Å². The zero-order valence-corrected chi connectivity index (χ0v) is 17.7. The predicted octanol–water partition coefficient (Wildman–Crippen LogP) is 3.59. The van der Waals surface area contributed by atoms with Crippen LogP contribution in [0.15, 0.2) is 83.8 Å². The van der Waals surface area contributed by atoms with Crippen LogP contribution < -0.4 is 9.62 Å². The molecule has 0 aromatic heterocycles. The summed E-state index contributed by atoms with van der Waals surface area (Å²) in [7, 11) is -0.832. The van der Waals surface area contributed by atoms with Crippen LogP contribution in [0.3, 0.4) is 0 Å². The number of carbonyl (C=O) groups excluding carboxylic acids is 1. The zero-order chi connectivity index (χ0) is 21.6. The third-order valence-electron chi connectivity index (χ3n) is 4.75. The van der Waals surface area contributed by atoms with E-state index in [-0.39, 0.29) is 17.0 Å². The van der Waals surface area contributed by atoms with Gasteiger partial charge in [0.1, 0.15) is 4.90 Å². The number of amides is 1. The van der Waals surface area contributed by atoms with Crippen molar-refractivity contribution >= 4 is 21.6 Å². The number of anilines is 1. The van der Waals surface area contributed by atoms with Crippen molar-refractivity contribution in [3.05, 3.63) is 95.6 Å².